The fourth-order valence-corrected chi connectivity index (χ4v) is 4.32. The summed E-state index contributed by atoms with van der Waals surface area (Å²) in [6, 6.07) is 27.5. The first kappa shape index (κ1) is 28.8. The summed E-state index contributed by atoms with van der Waals surface area (Å²) in [6.07, 6.45) is 1.39. The van der Waals surface area contributed by atoms with Crippen molar-refractivity contribution in [3.63, 3.8) is 0 Å². The monoisotopic (exact) mass is 575 g/mol. The molecule has 1 aliphatic rings. The van der Waals surface area contributed by atoms with E-state index in [1.807, 2.05) is 62.4 Å². The Morgan fingerprint density at radius 3 is 2.19 bits per heavy atom. The van der Waals surface area contributed by atoms with Crippen LogP contribution in [0.4, 0.5) is 16.2 Å². The van der Waals surface area contributed by atoms with E-state index >= 15 is 0 Å². The SMILES string of the molecule is Cc1ccc(NC(=O)COc2ccc(/C=C3/C(=O)NC(=O)N(c4ccc(OCc5ccccc5)cc4)C3=O)cc2)cc1C. The fourth-order valence-electron chi connectivity index (χ4n) is 4.32. The smallest absolute Gasteiger partial charge is 0.335 e. The zero-order valence-electron chi connectivity index (χ0n) is 23.6. The Balaban J connectivity index is 1.21. The maximum atomic E-state index is 13.3. The van der Waals surface area contributed by atoms with E-state index in [9.17, 15) is 19.2 Å². The molecule has 0 aromatic heterocycles. The van der Waals surface area contributed by atoms with Crippen LogP contribution in [0.3, 0.4) is 0 Å². The third-order valence-electron chi connectivity index (χ3n) is 6.80. The van der Waals surface area contributed by atoms with Gasteiger partial charge in [0.25, 0.3) is 17.7 Å². The summed E-state index contributed by atoms with van der Waals surface area (Å²) in [5, 5.41) is 5.02. The zero-order valence-corrected chi connectivity index (χ0v) is 23.6. The lowest BCUT2D eigenvalue weighted by Crippen LogP contribution is -2.54. The lowest BCUT2D eigenvalue weighted by atomic mass is 10.1. The second-order valence-electron chi connectivity index (χ2n) is 9.93. The van der Waals surface area contributed by atoms with E-state index in [4.69, 9.17) is 9.47 Å². The molecule has 0 bridgehead atoms. The van der Waals surface area contributed by atoms with Gasteiger partial charge in [-0.2, -0.15) is 0 Å². The van der Waals surface area contributed by atoms with Crippen LogP contribution in [0.2, 0.25) is 0 Å². The van der Waals surface area contributed by atoms with Crippen LogP contribution in [0.25, 0.3) is 6.08 Å². The lowest BCUT2D eigenvalue weighted by molar-refractivity contribution is -0.122. The maximum absolute atomic E-state index is 13.3. The largest absolute Gasteiger partial charge is 0.489 e. The highest BCUT2D eigenvalue weighted by molar-refractivity contribution is 6.39. The maximum Gasteiger partial charge on any atom is 0.335 e. The standard InChI is InChI=1S/C34H29N3O6/c1-22-8-11-26(18-23(22)2)35-31(38)21-43-28-14-9-24(10-15-28)19-30-32(39)36-34(41)37(33(30)40)27-12-16-29(17-13-27)42-20-25-6-4-3-5-7-25/h3-19H,20-21H2,1-2H3,(H,35,38)(H,36,39,41)/b30-19-. The molecule has 0 atom stereocenters. The normalized spacial score (nSPS) is 14.0. The Hall–Kier alpha value is -5.70. The first-order chi connectivity index (χ1) is 20.8. The number of hydrogen-bond donors (Lipinski definition) is 2. The molecular weight excluding hydrogens is 546 g/mol. The van der Waals surface area contributed by atoms with E-state index in [1.165, 1.54) is 6.08 Å². The number of rotatable bonds is 9. The molecule has 4 aromatic carbocycles. The van der Waals surface area contributed by atoms with Crippen LogP contribution < -0.4 is 25.0 Å². The number of benzene rings is 4. The van der Waals surface area contributed by atoms with E-state index in [0.717, 1.165) is 21.6 Å². The second-order valence-corrected chi connectivity index (χ2v) is 9.93. The minimum Gasteiger partial charge on any atom is -0.489 e. The van der Waals surface area contributed by atoms with E-state index < -0.39 is 17.8 Å². The van der Waals surface area contributed by atoms with Crippen molar-refractivity contribution in [2.45, 2.75) is 20.5 Å². The van der Waals surface area contributed by atoms with Gasteiger partial charge in [0.15, 0.2) is 6.61 Å². The van der Waals surface area contributed by atoms with Crippen LogP contribution in [0.15, 0.2) is 103 Å². The number of urea groups is 1. The minimum atomic E-state index is -0.840. The summed E-state index contributed by atoms with van der Waals surface area (Å²) in [7, 11) is 0. The molecule has 1 saturated heterocycles. The molecule has 1 heterocycles. The van der Waals surface area contributed by atoms with Crippen molar-refractivity contribution in [3.05, 3.63) is 125 Å². The Morgan fingerprint density at radius 1 is 0.814 bits per heavy atom. The number of anilines is 2. The van der Waals surface area contributed by atoms with Crippen molar-refractivity contribution >= 4 is 41.2 Å². The van der Waals surface area contributed by atoms with E-state index in [0.29, 0.717) is 29.4 Å². The number of nitrogens with zero attached hydrogens (tertiary/aromatic N) is 1. The van der Waals surface area contributed by atoms with Crippen molar-refractivity contribution in [1.82, 2.24) is 5.32 Å². The Bertz CT molecular complexity index is 1700. The van der Waals surface area contributed by atoms with Crippen molar-refractivity contribution < 1.29 is 28.7 Å². The molecule has 0 radical (unpaired) electrons. The summed E-state index contributed by atoms with van der Waals surface area (Å²) in [6.45, 7) is 4.15. The summed E-state index contributed by atoms with van der Waals surface area (Å²) in [5.74, 6) is -0.857. The molecular formula is C34H29N3O6. The molecule has 0 aliphatic carbocycles. The number of nitrogens with one attached hydrogen (secondary N) is 2. The molecule has 216 valence electrons. The Morgan fingerprint density at radius 2 is 1.49 bits per heavy atom. The fraction of sp³-hybridized carbons (Fsp3) is 0.118. The molecule has 2 N–H and O–H groups in total. The third kappa shape index (κ3) is 7.15. The van der Waals surface area contributed by atoms with E-state index in [2.05, 4.69) is 10.6 Å². The van der Waals surface area contributed by atoms with Gasteiger partial charge >= 0.3 is 6.03 Å². The van der Waals surface area contributed by atoms with Crippen molar-refractivity contribution in [1.29, 1.82) is 0 Å². The lowest BCUT2D eigenvalue weighted by Gasteiger charge is -2.26. The molecule has 9 nitrogen and oxygen atoms in total. The highest BCUT2D eigenvalue weighted by Gasteiger charge is 2.36. The average Bonchev–Trinajstić information content (AvgIpc) is 3.00. The number of aryl methyl sites for hydroxylation is 2. The summed E-state index contributed by atoms with van der Waals surface area (Å²) >= 11 is 0. The number of carbonyl (C=O) groups excluding carboxylic acids is 4. The Kier molecular flexibility index (Phi) is 8.62. The van der Waals surface area contributed by atoms with E-state index in [1.54, 1.807) is 48.5 Å². The molecule has 1 aliphatic heterocycles. The molecule has 5 amide bonds. The van der Waals surface area contributed by atoms with Gasteiger partial charge in [0.05, 0.1) is 5.69 Å². The quantitative estimate of drug-likeness (QED) is 0.199. The molecule has 4 aromatic rings. The number of hydrogen-bond acceptors (Lipinski definition) is 6. The molecule has 9 heteroatoms. The summed E-state index contributed by atoms with van der Waals surface area (Å²) < 4.78 is 11.4. The van der Waals surface area contributed by atoms with Gasteiger partial charge in [-0.15, -0.1) is 0 Å². The number of barbiturate groups is 1. The van der Waals surface area contributed by atoms with Gasteiger partial charge in [0.2, 0.25) is 0 Å². The highest BCUT2D eigenvalue weighted by atomic mass is 16.5. The van der Waals surface area contributed by atoms with Crippen molar-refractivity contribution in [2.24, 2.45) is 0 Å². The van der Waals surface area contributed by atoms with Gasteiger partial charge in [0, 0.05) is 5.69 Å². The van der Waals surface area contributed by atoms with Crippen LogP contribution in [0, 0.1) is 13.8 Å². The first-order valence-corrected chi connectivity index (χ1v) is 13.5. The molecule has 5 rings (SSSR count). The number of carbonyl (C=O) groups is 4. The Labute approximate surface area is 248 Å². The predicted molar refractivity (Wildman–Crippen MR) is 163 cm³/mol. The highest BCUT2D eigenvalue weighted by Crippen LogP contribution is 2.25. The first-order valence-electron chi connectivity index (χ1n) is 13.5. The van der Waals surface area contributed by atoms with Crippen LogP contribution in [-0.4, -0.2) is 30.4 Å². The second kappa shape index (κ2) is 12.9. The number of imide groups is 2. The number of ether oxygens (including phenoxy) is 2. The number of amides is 5. The molecule has 0 spiro atoms. The van der Waals surface area contributed by atoms with Gasteiger partial charge in [-0.1, -0.05) is 48.5 Å². The van der Waals surface area contributed by atoms with Crippen LogP contribution in [0.5, 0.6) is 11.5 Å². The van der Waals surface area contributed by atoms with Gasteiger partial charge in [-0.3, -0.25) is 19.7 Å². The average molecular weight is 576 g/mol. The van der Waals surface area contributed by atoms with Gasteiger partial charge in [-0.25, -0.2) is 9.69 Å². The van der Waals surface area contributed by atoms with Gasteiger partial charge < -0.3 is 14.8 Å². The topological polar surface area (TPSA) is 114 Å². The third-order valence-corrected chi connectivity index (χ3v) is 6.80. The predicted octanol–water partition coefficient (Wildman–Crippen LogP) is 5.57. The zero-order chi connectivity index (χ0) is 30.3. The minimum absolute atomic E-state index is 0.193. The van der Waals surface area contributed by atoms with Crippen LogP contribution >= 0.6 is 0 Å². The molecule has 43 heavy (non-hydrogen) atoms. The summed E-state index contributed by atoms with van der Waals surface area (Å²) in [5.41, 5.74) is 4.52. The molecule has 0 saturated carbocycles. The van der Waals surface area contributed by atoms with Gasteiger partial charge in [0.1, 0.15) is 23.7 Å². The van der Waals surface area contributed by atoms with Gasteiger partial charge in [-0.05, 0) is 90.7 Å². The van der Waals surface area contributed by atoms with Crippen molar-refractivity contribution in [2.75, 3.05) is 16.8 Å². The van der Waals surface area contributed by atoms with Crippen molar-refractivity contribution in [3.8, 4) is 11.5 Å². The van der Waals surface area contributed by atoms with Crippen LogP contribution in [0.1, 0.15) is 22.3 Å². The van der Waals surface area contributed by atoms with Crippen LogP contribution in [-0.2, 0) is 21.0 Å². The summed E-state index contributed by atoms with van der Waals surface area (Å²) in [4.78, 5) is 51.6. The molecule has 0 unspecified atom stereocenters. The molecule has 1 fully saturated rings. The van der Waals surface area contributed by atoms with E-state index in [-0.39, 0.29) is 23.8 Å².